The maximum Gasteiger partial charge on any atom is 0.154 e. The minimum Gasteiger partial charge on any atom is -0.315 e. The summed E-state index contributed by atoms with van der Waals surface area (Å²) in [6.45, 7) is 3.53. The van der Waals surface area contributed by atoms with E-state index in [0.717, 1.165) is 10.0 Å². The molecule has 0 aromatic heterocycles. The number of halogens is 1. The third-order valence-corrected chi connectivity index (χ3v) is 6.22. The van der Waals surface area contributed by atoms with Crippen molar-refractivity contribution >= 4 is 25.8 Å². The van der Waals surface area contributed by atoms with Crippen molar-refractivity contribution in [2.45, 2.75) is 31.1 Å². The van der Waals surface area contributed by atoms with E-state index < -0.39 is 14.6 Å². The van der Waals surface area contributed by atoms with Gasteiger partial charge in [-0.15, -0.1) is 0 Å². The third kappa shape index (κ3) is 3.56. The van der Waals surface area contributed by atoms with Gasteiger partial charge >= 0.3 is 0 Å². The lowest BCUT2D eigenvalue weighted by Gasteiger charge is -2.32. The van der Waals surface area contributed by atoms with Crippen LogP contribution in [0.2, 0.25) is 0 Å². The van der Waals surface area contributed by atoms with Crippen molar-refractivity contribution in [1.29, 1.82) is 0 Å². The predicted molar refractivity (Wildman–Crippen MR) is 79.6 cm³/mol. The Kier molecular flexibility index (Phi) is 4.98. The minimum atomic E-state index is -3.11. The zero-order chi connectivity index (χ0) is 14.0. The third-order valence-electron chi connectivity index (χ3n) is 3.50. The molecule has 0 radical (unpaired) electrons. The fourth-order valence-electron chi connectivity index (χ4n) is 1.81. The van der Waals surface area contributed by atoms with Gasteiger partial charge in [-0.3, -0.25) is 0 Å². The molecule has 0 aliphatic carbocycles. The number of hydrogen-bond acceptors (Lipinski definition) is 3. The van der Waals surface area contributed by atoms with Gasteiger partial charge in [0.15, 0.2) is 9.84 Å². The molecular weight excluding hydrogens is 314 g/mol. The van der Waals surface area contributed by atoms with Crippen molar-refractivity contribution in [2.24, 2.45) is 0 Å². The zero-order valence-electron chi connectivity index (χ0n) is 11.2. The Morgan fingerprint density at radius 2 is 1.78 bits per heavy atom. The molecular formula is C13H20BrNO2S. The fourth-order valence-corrected chi connectivity index (χ4v) is 2.79. The number of nitrogens with one attached hydrogen (secondary N) is 1. The molecule has 102 valence electrons. The Morgan fingerprint density at radius 1 is 1.28 bits per heavy atom. The zero-order valence-corrected chi connectivity index (χ0v) is 13.6. The minimum absolute atomic E-state index is 0.117. The van der Waals surface area contributed by atoms with Crippen LogP contribution in [0.25, 0.3) is 0 Å². The summed E-state index contributed by atoms with van der Waals surface area (Å²) in [5.41, 5.74) is 1.12. The van der Waals surface area contributed by atoms with E-state index in [0.29, 0.717) is 6.42 Å². The molecule has 1 unspecified atom stereocenters. The lowest BCUT2D eigenvalue weighted by Crippen LogP contribution is -2.51. The Bertz CT molecular complexity index is 494. The quantitative estimate of drug-likeness (QED) is 0.899. The van der Waals surface area contributed by atoms with Crippen LogP contribution in [0.15, 0.2) is 28.7 Å². The number of sulfone groups is 1. The van der Waals surface area contributed by atoms with Crippen LogP contribution < -0.4 is 5.32 Å². The van der Waals surface area contributed by atoms with E-state index in [4.69, 9.17) is 0 Å². The summed E-state index contributed by atoms with van der Waals surface area (Å²) < 4.78 is 23.9. The Morgan fingerprint density at radius 3 is 2.17 bits per heavy atom. The Balaban J connectivity index is 2.95. The highest BCUT2D eigenvalue weighted by atomic mass is 79.9. The molecule has 1 aromatic carbocycles. The van der Waals surface area contributed by atoms with Gasteiger partial charge in [-0.05, 0) is 45.0 Å². The number of rotatable bonds is 5. The fraction of sp³-hybridized carbons (Fsp3) is 0.538. The smallest absolute Gasteiger partial charge is 0.154 e. The van der Waals surface area contributed by atoms with Crippen molar-refractivity contribution < 1.29 is 8.42 Å². The summed E-state index contributed by atoms with van der Waals surface area (Å²) in [5, 5.41) is 3.12. The van der Waals surface area contributed by atoms with E-state index >= 15 is 0 Å². The van der Waals surface area contributed by atoms with E-state index in [1.165, 1.54) is 6.26 Å². The summed E-state index contributed by atoms with van der Waals surface area (Å²) in [6.07, 6.45) is 1.97. The topological polar surface area (TPSA) is 46.2 Å². The van der Waals surface area contributed by atoms with Crippen LogP contribution in [0.1, 0.15) is 19.4 Å². The first kappa shape index (κ1) is 15.7. The molecule has 1 rings (SSSR count). The maximum absolute atomic E-state index is 11.9. The molecule has 0 spiro atoms. The second kappa shape index (κ2) is 5.72. The van der Waals surface area contributed by atoms with E-state index in [1.54, 1.807) is 20.9 Å². The van der Waals surface area contributed by atoms with Gasteiger partial charge in [-0.2, -0.15) is 0 Å². The van der Waals surface area contributed by atoms with Crippen LogP contribution in [0.3, 0.4) is 0 Å². The number of hydrogen-bond donors (Lipinski definition) is 1. The van der Waals surface area contributed by atoms with E-state index in [9.17, 15) is 8.42 Å². The van der Waals surface area contributed by atoms with Gasteiger partial charge in [-0.1, -0.05) is 28.1 Å². The first-order chi connectivity index (χ1) is 8.18. The second-order valence-electron chi connectivity index (χ2n) is 5.05. The highest BCUT2D eigenvalue weighted by Crippen LogP contribution is 2.23. The summed E-state index contributed by atoms with van der Waals surface area (Å²) in [5.74, 6) is 0. The molecule has 0 aliphatic rings. The van der Waals surface area contributed by atoms with Gasteiger partial charge < -0.3 is 5.32 Å². The van der Waals surface area contributed by atoms with Crippen molar-refractivity contribution in [3.63, 3.8) is 0 Å². The van der Waals surface area contributed by atoms with Crippen molar-refractivity contribution in [1.82, 2.24) is 5.32 Å². The highest BCUT2D eigenvalue weighted by Gasteiger charge is 2.38. The van der Waals surface area contributed by atoms with Crippen LogP contribution in [-0.2, 0) is 16.3 Å². The lowest BCUT2D eigenvalue weighted by molar-refractivity contribution is 0.431. The number of likely N-dealkylation sites (N-methyl/N-ethyl adjacent to an activating group) is 1. The van der Waals surface area contributed by atoms with Gasteiger partial charge in [0.2, 0.25) is 0 Å². The Hall–Kier alpha value is -0.390. The highest BCUT2D eigenvalue weighted by molar-refractivity contribution is 9.10. The molecule has 0 heterocycles. The van der Waals surface area contributed by atoms with Crippen LogP contribution in [0.5, 0.6) is 0 Å². The molecule has 18 heavy (non-hydrogen) atoms. The average molecular weight is 334 g/mol. The van der Waals surface area contributed by atoms with Gasteiger partial charge in [0, 0.05) is 16.8 Å². The van der Waals surface area contributed by atoms with Gasteiger partial charge in [0.1, 0.15) is 0 Å². The molecule has 1 atom stereocenters. The average Bonchev–Trinajstić information content (AvgIpc) is 2.26. The number of benzene rings is 1. The van der Waals surface area contributed by atoms with Gasteiger partial charge in [0.05, 0.1) is 4.75 Å². The molecule has 1 aromatic rings. The van der Waals surface area contributed by atoms with E-state index in [-0.39, 0.29) is 6.04 Å². The molecule has 0 bridgehead atoms. The summed E-state index contributed by atoms with van der Waals surface area (Å²) in [7, 11) is -1.31. The first-order valence-corrected chi connectivity index (χ1v) is 8.48. The molecule has 5 heteroatoms. The largest absolute Gasteiger partial charge is 0.315 e. The van der Waals surface area contributed by atoms with Crippen LogP contribution in [0.4, 0.5) is 0 Å². The SMILES string of the molecule is CNC(Cc1ccc(Br)cc1)C(C)(C)S(C)(=O)=O. The summed E-state index contributed by atoms with van der Waals surface area (Å²) in [4.78, 5) is 0. The normalized spacial score (nSPS) is 14.5. The predicted octanol–water partition coefficient (Wildman–Crippen LogP) is 2.40. The maximum atomic E-state index is 11.9. The molecule has 0 saturated carbocycles. The first-order valence-electron chi connectivity index (χ1n) is 5.80. The monoisotopic (exact) mass is 333 g/mol. The molecule has 3 nitrogen and oxygen atoms in total. The van der Waals surface area contributed by atoms with E-state index in [2.05, 4.69) is 21.2 Å². The van der Waals surface area contributed by atoms with Crippen molar-refractivity contribution in [3.05, 3.63) is 34.3 Å². The molecule has 0 amide bonds. The van der Waals surface area contributed by atoms with E-state index in [1.807, 2.05) is 24.3 Å². The molecule has 0 fully saturated rings. The molecule has 1 N–H and O–H groups in total. The standard InChI is InChI=1S/C13H20BrNO2S/c1-13(2,18(4,16)17)12(15-3)9-10-5-7-11(14)8-6-10/h5-8,12,15H,9H2,1-4H3. The lowest BCUT2D eigenvalue weighted by atomic mass is 9.96. The second-order valence-corrected chi connectivity index (χ2v) is 8.56. The van der Waals surface area contributed by atoms with Crippen molar-refractivity contribution in [3.8, 4) is 0 Å². The van der Waals surface area contributed by atoms with Gasteiger partial charge in [-0.25, -0.2) is 8.42 Å². The van der Waals surface area contributed by atoms with Gasteiger partial charge in [0.25, 0.3) is 0 Å². The Labute approximate surface area is 118 Å². The summed E-state index contributed by atoms with van der Waals surface area (Å²) >= 11 is 3.39. The molecule has 0 aliphatic heterocycles. The van der Waals surface area contributed by atoms with Crippen molar-refractivity contribution in [2.75, 3.05) is 13.3 Å². The molecule has 0 saturated heterocycles. The van der Waals surface area contributed by atoms with Crippen LogP contribution >= 0.6 is 15.9 Å². The summed E-state index contributed by atoms with van der Waals surface area (Å²) in [6, 6.07) is 7.83. The van der Waals surface area contributed by atoms with Crippen LogP contribution in [0, 0.1) is 0 Å². The van der Waals surface area contributed by atoms with Crippen LogP contribution in [-0.4, -0.2) is 32.5 Å².